The van der Waals surface area contributed by atoms with Crippen molar-refractivity contribution in [3.05, 3.63) is 36.0 Å². The van der Waals surface area contributed by atoms with Crippen molar-refractivity contribution in [3.8, 4) is 11.5 Å². The van der Waals surface area contributed by atoms with Crippen LogP contribution in [-0.4, -0.2) is 49.4 Å². The number of methoxy groups -OCH3 is 3. The van der Waals surface area contributed by atoms with Crippen molar-refractivity contribution in [1.82, 2.24) is 4.90 Å². The Morgan fingerprint density at radius 2 is 1.93 bits per heavy atom. The Labute approximate surface area is 165 Å². The SMILES string of the molecule is COC(=O)C1(CCCCCl)CC(=O)C=CN1Cc1ccc(OC)c(OC)c1. The van der Waals surface area contributed by atoms with Gasteiger partial charge in [0.25, 0.3) is 0 Å². The maximum atomic E-state index is 12.7. The van der Waals surface area contributed by atoms with E-state index in [1.807, 2.05) is 23.1 Å². The van der Waals surface area contributed by atoms with Crippen molar-refractivity contribution < 1.29 is 23.8 Å². The summed E-state index contributed by atoms with van der Waals surface area (Å²) in [6.07, 6.45) is 5.26. The van der Waals surface area contributed by atoms with Gasteiger partial charge in [0.05, 0.1) is 21.3 Å². The number of rotatable bonds is 9. The van der Waals surface area contributed by atoms with Gasteiger partial charge in [0, 0.05) is 25.0 Å². The van der Waals surface area contributed by atoms with Crippen LogP contribution in [0.15, 0.2) is 30.5 Å². The minimum atomic E-state index is -1.03. The minimum absolute atomic E-state index is 0.0881. The third kappa shape index (κ3) is 4.75. The molecule has 1 aliphatic rings. The second-order valence-corrected chi connectivity index (χ2v) is 6.82. The molecular formula is C20H26ClNO5. The number of alkyl halides is 1. The van der Waals surface area contributed by atoms with Crippen LogP contribution in [0.5, 0.6) is 11.5 Å². The van der Waals surface area contributed by atoms with Crippen LogP contribution in [0, 0.1) is 0 Å². The Morgan fingerprint density at radius 3 is 2.56 bits per heavy atom. The van der Waals surface area contributed by atoms with Gasteiger partial charge in [-0.05, 0) is 43.0 Å². The third-order valence-corrected chi connectivity index (χ3v) is 5.06. The average molecular weight is 396 g/mol. The number of carbonyl (C=O) groups excluding carboxylic acids is 2. The van der Waals surface area contributed by atoms with E-state index in [2.05, 4.69) is 0 Å². The molecule has 1 atom stereocenters. The largest absolute Gasteiger partial charge is 0.493 e. The molecule has 1 aromatic carbocycles. The highest BCUT2D eigenvalue weighted by Gasteiger charge is 2.46. The zero-order valence-electron chi connectivity index (χ0n) is 16.0. The van der Waals surface area contributed by atoms with Crippen LogP contribution in [0.1, 0.15) is 31.2 Å². The number of halogens is 1. The first kappa shape index (κ1) is 21.1. The maximum absolute atomic E-state index is 12.7. The maximum Gasteiger partial charge on any atom is 0.332 e. The van der Waals surface area contributed by atoms with Crippen LogP contribution in [0.25, 0.3) is 0 Å². The lowest BCUT2D eigenvalue weighted by Gasteiger charge is -2.43. The van der Waals surface area contributed by atoms with Crippen molar-refractivity contribution in [1.29, 1.82) is 0 Å². The molecule has 0 bridgehead atoms. The molecule has 1 aromatic rings. The predicted molar refractivity (Wildman–Crippen MR) is 103 cm³/mol. The van der Waals surface area contributed by atoms with Gasteiger partial charge in [-0.2, -0.15) is 0 Å². The first-order valence-electron chi connectivity index (χ1n) is 8.83. The first-order chi connectivity index (χ1) is 13.0. The number of nitrogens with zero attached hydrogens (tertiary/aromatic N) is 1. The van der Waals surface area contributed by atoms with E-state index >= 15 is 0 Å². The second kappa shape index (κ2) is 9.65. The average Bonchev–Trinajstić information content (AvgIpc) is 2.69. The molecule has 6 nitrogen and oxygen atoms in total. The van der Waals surface area contributed by atoms with Crippen molar-refractivity contribution in [2.45, 2.75) is 37.8 Å². The molecule has 0 radical (unpaired) electrons. The zero-order chi connectivity index (χ0) is 19.9. The van der Waals surface area contributed by atoms with Gasteiger partial charge in [0.1, 0.15) is 5.54 Å². The van der Waals surface area contributed by atoms with Crippen LogP contribution >= 0.6 is 11.6 Å². The molecule has 27 heavy (non-hydrogen) atoms. The smallest absolute Gasteiger partial charge is 0.332 e. The quantitative estimate of drug-likeness (QED) is 0.363. The molecule has 0 spiro atoms. The highest BCUT2D eigenvalue weighted by Crippen LogP contribution is 2.35. The first-order valence-corrected chi connectivity index (χ1v) is 9.37. The van der Waals surface area contributed by atoms with Crippen molar-refractivity contribution in [2.75, 3.05) is 27.2 Å². The van der Waals surface area contributed by atoms with Crippen LogP contribution < -0.4 is 9.47 Å². The fourth-order valence-electron chi connectivity index (χ4n) is 3.37. The summed E-state index contributed by atoms with van der Waals surface area (Å²) in [5, 5.41) is 0. The number of carbonyl (C=O) groups is 2. The number of benzene rings is 1. The van der Waals surface area contributed by atoms with Gasteiger partial charge in [-0.1, -0.05) is 6.07 Å². The number of hydrogen-bond donors (Lipinski definition) is 0. The molecule has 2 rings (SSSR count). The number of hydrogen-bond acceptors (Lipinski definition) is 6. The fourth-order valence-corrected chi connectivity index (χ4v) is 3.56. The summed E-state index contributed by atoms with van der Waals surface area (Å²) in [6, 6.07) is 5.59. The summed E-state index contributed by atoms with van der Waals surface area (Å²) in [6.45, 7) is 0.431. The van der Waals surface area contributed by atoms with Crippen molar-refractivity contribution >= 4 is 23.4 Å². The lowest BCUT2D eigenvalue weighted by atomic mass is 9.83. The molecule has 1 heterocycles. The topological polar surface area (TPSA) is 65.1 Å². The third-order valence-electron chi connectivity index (χ3n) is 4.80. The molecule has 0 aliphatic carbocycles. The molecule has 1 aliphatic heterocycles. The molecule has 148 valence electrons. The molecule has 0 saturated carbocycles. The second-order valence-electron chi connectivity index (χ2n) is 6.45. The van der Waals surface area contributed by atoms with E-state index < -0.39 is 11.5 Å². The number of esters is 1. The van der Waals surface area contributed by atoms with Crippen LogP contribution in [0.3, 0.4) is 0 Å². The number of unbranched alkanes of at least 4 members (excludes halogenated alkanes) is 1. The van der Waals surface area contributed by atoms with Gasteiger partial charge in [-0.15, -0.1) is 11.6 Å². The molecule has 0 saturated heterocycles. The molecule has 0 fully saturated rings. The van der Waals surface area contributed by atoms with Gasteiger partial charge < -0.3 is 19.1 Å². The van der Waals surface area contributed by atoms with E-state index in [4.69, 9.17) is 25.8 Å². The molecule has 1 unspecified atom stereocenters. The molecule has 0 aromatic heterocycles. The number of ether oxygens (including phenoxy) is 3. The van der Waals surface area contributed by atoms with E-state index in [1.54, 1.807) is 20.4 Å². The Balaban J connectivity index is 2.36. The zero-order valence-corrected chi connectivity index (χ0v) is 16.8. The predicted octanol–water partition coefficient (Wildman–Crippen LogP) is 3.31. The van der Waals surface area contributed by atoms with Crippen LogP contribution in [0.2, 0.25) is 0 Å². The Bertz CT molecular complexity index is 706. The van der Waals surface area contributed by atoms with Gasteiger partial charge in [-0.25, -0.2) is 4.79 Å². The lowest BCUT2D eigenvalue weighted by Crippen LogP contribution is -2.55. The molecular weight excluding hydrogens is 370 g/mol. The Hall–Kier alpha value is -2.21. The monoisotopic (exact) mass is 395 g/mol. The van der Waals surface area contributed by atoms with Crippen LogP contribution in [-0.2, 0) is 20.9 Å². The summed E-state index contributed by atoms with van der Waals surface area (Å²) in [4.78, 5) is 26.7. The number of allylic oxidation sites excluding steroid dienone is 1. The van der Waals surface area contributed by atoms with Gasteiger partial charge in [0.15, 0.2) is 17.3 Å². The Morgan fingerprint density at radius 1 is 1.19 bits per heavy atom. The molecule has 7 heteroatoms. The summed E-state index contributed by atoms with van der Waals surface area (Å²) >= 11 is 5.80. The summed E-state index contributed by atoms with van der Waals surface area (Å²) in [7, 11) is 4.50. The summed E-state index contributed by atoms with van der Waals surface area (Å²) in [5.74, 6) is 1.26. The summed E-state index contributed by atoms with van der Waals surface area (Å²) in [5.41, 5.74) is -0.0999. The molecule has 0 N–H and O–H groups in total. The van der Waals surface area contributed by atoms with E-state index in [-0.39, 0.29) is 12.2 Å². The van der Waals surface area contributed by atoms with Gasteiger partial charge in [-0.3, -0.25) is 4.79 Å². The van der Waals surface area contributed by atoms with Gasteiger partial charge >= 0.3 is 5.97 Å². The lowest BCUT2D eigenvalue weighted by molar-refractivity contribution is -0.157. The van der Waals surface area contributed by atoms with Gasteiger partial charge in [0.2, 0.25) is 0 Å². The van der Waals surface area contributed by atoms with E-state index in [0.717, 1.165) is 18.4 Å². The standard InChI is InChI=1S/C20H26ClNO5/c1-25-17-7-6-15(12-18(17)26-2)14-22-11-8-16(23)13-20(22,19(24)27-3)9-4-5-10-21/h6-8,11-12H,4-5,9-10,13-14H2,1-3H3. The normalized spacial score (nSPS) is 19.1. The Kier molecular flexibility index (Phi) is 7.54. The van der Waals surface area contributed by atoms with Crippen molar-refractivity contribution in [2.24, 2.45) is 0 Å². The highest BCUT2D eigenvalue weighted by molar-refractivity contribution is 6.17. The van der Waals surface area contributed by atoms with E-state index in [1.165, 1.54) is 13.2 Å². The number of ketones is 1. The molecule has 0 amide bonds. The highest BCUT2D eigenvalue weighted by atomic mass is 35.5. The van der Waals surface area contributed by atoms with Crippen LogP contribution in [0.4, 0.5) is 0 Å². The van der Waals surface area contributed by atoms with Crippen molar-refractivity contribution in [3.63, 3.8) is 0 Å². The van der Waals surface area contributed by atoms with E-state index in [9.17, 15) is 9.59 Å². The minimum Gasteiger partial charge on any atom is -0.493 e. The fraction of sp³-hybridized carbons (Fsp3) is 0.500. The summed E-state index contributed by atoms with van der Waals surface area (Å²) < 4.78 is 15.7. The van der Waals surface area contributed by atoms with E-state index in [0.29, 0.717) is 30.3 Å².